The van der Waals surface area contributed by atoms with Gasteiger partial charge in [0, 0.05) is 5.69 Å². The molecule has 1 rings (SSSR count). The number of benzene rings is 1. The molecule has 0 fully saturated rings. The minimum Gasteiger partial charge on any atom is -0.346 e. The lowest BCUT2D eigenvalue weighted by atomic mass is 9.87. The molecule has 0 aliphatic carbocycles. The molecule has 0 aliphatic heterocycles. The van der Waals surface area contributed by atoms with E-state index in [0.717, 1.165) is 0 Å². The molecule has 0 unspecified atom stereocenters. The van der Waals surface area contributed by atoms with Crippen LogP contribution >= 0.6 is 12.4 Å². The number of carbonyl (C=O) groups excluding carboxylic acids is 2. The Labute approximate surface area is 129 Å². The van der Waals surface area contributed by atoms with Gasteiger partial charge in [-0.05, 0) is 29.7 Å². The van der Waals surface area contributed by atoms with E-state index in [1.165, 1.54) is 24.3 Å². The number of halogens is 2. The van der Waals surface area contributed by atoms with E-state index < -0.39 is 11.9 Å². The Morgan fingerprint density at radius 1 is 1.24 bits per heavy atom. The fourth-order valence-corrected chi connectivity index (χ4v) is 1.41. The van der Waals surface area contributed by atoms with Gasteiger partial charge in [-0.1, -0.05) is 20.8 Å². The Balaban J connectivity index is 0.00000400. The highest BCUT2D eigenvalue weighted by atomic mass is 35.5. The highest BCUT2D eigenvalue weighted by Gasteiger charge is 2.27. The van der Waals surface area contributed by atoms with Crippen LogP contribution in [0.4, 0.5) is 10.1 Å². The summed E-state index contributed by atoms with van der Waals surface area (Å²) in [4.78, 5) is 23.3. The van der Waals surface area contributed by atoms with Gasteiger partial charge >= 0.3 is 0 Å². The minimum absolute atomic E-state index is 0. The van der Waals surface area contributed by atoms with Gasteiger partial charge in [0.25, 0.3) is 0 Å². The van der Waals surface area contributed by atoms with E-state index in [9.17, 15) is 14.0 Å². The smallest absolute Gasteiger partial charge is 0.243 e. The van der Waals surface area contributed by atoms with Crippen molar-refractivity contribution >= 4 is 29.9 Å². The number of hydrogen-bond acceptors (Lipinski definition) is 3. The highest BCUT2D eigenvalue weighted by Crippen LogP contribution is 2.17. The molecule has 4 N–H and O–H groups in total. The van der Waals surface area contributed by atoms with Crippen molar-refractivity contribution in [3.8, 4) is 0 Å². The molecule has 1 aromatic rings. The Morgan fingerprint density at radius 3 is 2.24 bits per heavy atom. The molecule has 0 saturated carbocycles. The number of amides is 2. The molecule has 1 aromatic carbocycles. The molecule has 2 amide bonds. The first-order chi connectivity index (χ1) is 9.20. The van der Waals surface area contributed by atoms with Crippen LogP contribution in [-0.4, -0.2) is 24.4 Å². The van der Waals surface area contributed by atoms with Crippen LogP contribution < -0.4 is 16.4 Å². The second kappa shape index (κ2) is 7.95. The zero-order chi connectivity index (χ0) is 15.3. The topological polar surface area (TPSA) is 84.2 Å². The monoisotopic (exact) mass is 317 g/mol. The molecule has 0 heterocycles. The molecule has 118 valence electrons. The summed E-state index contributed by atoms with van der Waals surface area (Å²) in [5.41, 5.74) is 5.85. The van der Waals surface area contributed by atoms with Crippen LogP contribution in [0.15, 0.2) is 24.3 Å². The molecular weight excluding hydrogens is 297 g/mol. The van der Waals surface area contributed by atoms with Crippen molar-refractivity contribution < 1.29 is 14.0 Å². The van der Waals surface area contributed by atoms with Crippen molar-refractivity contribution in [2.75, 3.05) is 11.9 Å². The molecule has 0 aromatic heterocycles. The molecule has 1 atom stereocenters. The lowest BCUT2D eigenvalue weighted by molar-refractivity contribution is -0.126. The number of anilines is 1. The zero-order valence-electron chi connectivity index (χ0n) is 12.3. The maximum atomic E-state index is 12.7. The van der Waals surface area contributed by atoms with Gasteiger partial charge in [-0.15, -0.1) is 12.4 Å². The number of rotatable bonds is 4. The van der Waals surface area contributed by atoms with Crippen molar-refractivity contribution in [3.63, 3.8) is 0 Å². The third kappa shape index (κ3) is 6.55. The second-order valence-corrected chi connectivity index (χ2v) is 5.62. The SMILES string of the molecule is CC(C)(C)[C@H](N)C(=O)NCC(=O)Nc1ccc(F)cc1.Cl. The Hall–Kier alpha value is -1.66. The molecule has 0 saturated heterocycles. The predicted molar refractivity (Wildman–Crippen MR) is 82.7 cm³/mol. The lowest BCUT2D eigenvalue weighted by Crippen LogP contribution is -2.50. The first-order valence-corrected chi connectivity index (χ1v) is 6.29. The minimum atomic E-state index is -0.693. The van der Waals surface area contributed by atoms with Crippen LogP contribution in [0.1, 0.15) is 20.8 Å². The van der Waals surface area contributed by atoms with Crippen LogP contribution in [-0.2, 0) is 9.59 Å². The first-order valence-electron chi connectivity index (χ1n) is 6.29. The maximum Gasteiger partial charge on any atom is 0.243 e. The largest absolute Gasteiger partial charge is 0.346 e. The van der Waals surface area contributed by atoms with Gasteiger partial charge in [-0.2, -0.15) is 0 Å². The lowest BCUT2D eigenvalue weighted by Gasteiger charge is -2.25. The summed E-state index contributed by atoms with van der Waals surface area (Å²) in [6.45, 7) is 5.35. The van der Waals surface area contributed by atoms with Crippen molar-refractivity contribution in [1.29, 1.82) is 0 Å². The normalized spacial score (nSPS) is 12.0. The van der Waals surface area contributed by atoms with Crippen LogP contribution in [0, 0.1) is 11.2 Å². The van der Waals surface area contributed by atoms with Gasteiger partial charge in [0.15, 0.2) is 0 Å². The van der Waals surface area contributed by atoms with Crippen molar-refractivity contribution in [3.05, 3.63) is 30.1 Å². The van der Waals surface area contributed by atoms with Gasteiger partial charge in [0.1, 0.15) is 5.82 Å². The fourth-order valence-electron chi connectivity index (χ4n) is 1.41. The van der Waals surface area contributed by atoms with Crippen molar-refractivity contribution in [2.24, 2.45) is 11.1 Å². The van der Waals surface area contributed by atoms with Gasteiger partial charge in [0.05, 0.1) is 12.6 Å². The first kappa shape index (κ1) is 19.3. The number of nitrogens with two attached hydrogens (primary N) is 1. The molecule has 0 spiro atoms. The van der Waals surface area contributed by atoms with E-state index in [1.807, 2.05) is 20.8 Å². The fraction of sp³-hybridized carbons (Fsp3) is 0.429. The Bertz CT molecular complexity index is 486. The Morgan fingerprint density at radius 2 is 1.76 bits per heavy atom. The average molecular weight is 318 g/mol. The summed E-state index contributed by atoms with van der Waals surface area (Å²) in [6, 6.07) is 4.67. The van der Waals surface area contributed by atoms with Gasteiger partial charge in [-0.25, -0.2) is 4.39 Å². The summed E-state index contributed by atoms with van der Waals surface area (Å²) < 4.78 is 12.7. The summed E-state index contributed by atoms with van der Waals surface area (Å²) in [5.74, 6) is -1.16. The standard InChI is InChI=1S/C14H20FN3O2.ClH/c1-14(2,3)12(16)13(20)17-8-11(19)18-10-6-4-9(15)5-7-10;/h4-7,12H,8,16H2,1-3H3,(H,17,20)(H,18,19);1H/t12-;/m1./s1. The molecule has 0 bridgehead atoms. The van der Waals surface area contributed by atoms with E-state index in [0.29, 0.717) is 5.69 Å². The summed E-state index contributed by atoms with van der Waals surface area (Å²) in [6.07, 6.45) is 0. The van der Waals surface area contributed by atoms with E-state index in [1.54, 1.807) is 0 Å². The van der Waals surface area contributed by atoms with Crippen molar-refractivity contribution in [2.45, 2.75) is 26.8 Å². The number of carbonyl (C=O) groups is 2. The maximum absolute atomic E-state index is 12.7. The quantitative estimate of drug-likeness (QED) is 0.790. The highest BCUT2D eigenvalue weighted by molar-refractivity contribution is 5.95. The summed E-state index contributed by atoms with van der Waals surface area (Å²) >= 11 is 0. The van der Waals surface area contributed by atoms with E-state index >= 15 is 0 Å². The molecular formula is C14H21ClFN3O2. The van der Waals surface area contributed by atoms with E-state index in [2.05, 4.69) is 10.6 Å². The molecule has 21 heavy (non-hydrogen) atoms. The van der Waals surface area contributed by atoms with Crippen LogP contribution in [0.25, 0.3) is 0 Å². The van der Waals surface area contributed by atoms with Gasteiger partial charge < -0.3 is 16.4 Å². The van der Waals surface area contributed by atoms with Crippen LogP contribution in [0.3, 0.4) is 0 Å². The van der Waals surface area contributed by atoms with Gasteiger partial charge in [-0.3, -0.25) is 9.59 Å². The Kier molecular flexibility index (Phi) is 7.32. The molecule has 0 radical (unpaired) electrons. The second-order valence-electron chi connectivity index (χ2n) is 5.62. The van der Waals surface area contributed by atoms with E-state index in [-0.39, 0.29) is 36.1 Å². The summed E-state index contributed by atoms with van der Waals surface area (Å²) in [5, 5.41) is 5.01. The molecule has 5 nitrogen and oxygen atoms in total. The van der Waals surface area contributed by atoms with E-state index in [4.69, 9.17) is 5.73 Å². The predicted octanol–water partition coefficient (Wildman–Crippen LogP) is 1.68. The van der Waals surface area contributed by atoms with Crippen molar-refractivity contribution in [1.82, 2.24) is 5.32 Å². The van der Waals surface area contributed by atoms with Gasteiger partial charge in [0.2, 0.25) is 11.8 Å². The third-order valence-corrected chi connectivity index (χ3v) is 2.77. The zero-order valence-corrected chi connectivity index (χ0v) is 13.1. The third-order valence-electron chi connectivity index (χ3n) is 2.77. The number of nitrogens with one attached hydrogen (secondary N) is 2. The average Bonchev–Trinajstić information content (AvgIpc) is 2.36. The molecule has 0 aliphatic rings. The molecule has 7 heteroatoms. The number of hydrogen-bond donors (Lipinski definition) is 3. The summed E-state index contributed by atoms with van der Waals surface area (Å²) in [7, 11) is 0. The van der Waals surface area contributed by atoms with Crippen LogP contribution in [0.2, 0.25) is 0 Å². The van der Waals surface area contributed by atoms with Crippen LogP contribution in [0.5, 0.6) is 0 Å².